The van der Waals surface area contributed by atoms with Crippen LogP contribution in [0, 0.1) is 0 Å². The van der Waals surface area contributed by atoms with Crippen molar-refractivity contribution >= 4 is 17.6 Å². The van der Waals surface area contributed by atoms with Crippen molar-refractivity contribution in [3.8, 4) is 0 Å². The van der Waals surface area contributed by atoms with Gasteiger partial charge in [0.1, 0.15) is 5.82 Å². The van der Waals surface area contributed by atoms with E-state index >= 15 is 0 Å². The number of nitrogens with one attached hydrogen (secondary N) is 1. The Morgan fingerprint density at radius 1 is 1.35 bits per heavy atom. The molecular weight excluding hydrogens is 232 g/mol. The van der Waals surface area contributed by atoms with Gasteiger partial charge in [-0.1, -0.05) is 0 Å². The lowest BCUT2D eigenvalue weighted by atomic mass is 10.3. The second-order valence-electron chi connectivity index (χ2n) is 4.01. The Bertz CT molecular complexity index is 302. The standard InChI is InChI=1S/C12H22N4S/c1-4-13-12-9-14-11(8-15-12)10-16(2)6-5-7-17-3/h8-9H,4-7,10H2,1-3H3,(H,13,15). The average Bonchev–Trinajstić information content (AvgIpc) is 2.32. The molecule has 0 aliphatic carbocycles. The minimum Gasteiger partial charge on any atom is -0.369 e. The molecule has 1 aromatic rings. The van der Waals surface area contributed by atoms with Crippen molar-refractivity contribution in [2.45, 2.75) is 19.9 Å². The van der Waals surface area contributed by atoms with Gasteiger partial charge in [0.15, 0.2) is 0 Å². The average molecular weight is 254 g/mol. The van der Waals surface area contributed by atoms with E-state index in [0.717, 1.165) is 31.1 Å². The summed E-state index contributed by atoms with van der Waals surface area (Å²) >= 11 is 1.89. The Labute approximate surface area is 108 Å². The number of rotatable bonds is 8. The lowest BCUT2D eigenvalue weighted by Crippen LogP contribution is -2.20. The maximum atomic E-state index is 4.39. The van der Waals surface area contributed by atoms with Gasteiger partial charge in [0.2, 0.25) is 0 Å². The molecule has 4 nitrogen and oxygen atoms in total. The molecule has 0 unspecified atom stereocenters. The Morgan fingerprint density at radius 2 is 2.18 bits per heavy atom. The summed E-state index contributed by atoms with van der Waals surface area (Å²) in [6.45, 7) is 4.91. The van der Waals surface area contributed by atoms with E-state index in [1.807, 2.05) is 18.0 Å². The van der Waals surface area contributed by atoms with Crippen LogP contribution in [0.2, 0.25) is 0 Å². The highest BCUT2D eigenvalue weighted by atomic mass is 32.2. The maximum absolute atomic E-state index is 4.39. The SMILES string of the molecule is CCNc1cnc(CN(C)CCCSC)cn1. The zero-order valence-electron chi connectivity index (χ0n) is 10.9. The van der Waals surface area contributed by atoms with Crippen LogP contribution in [0.3, 0.4) is 0 Å². The van der Waals surface area contributed by atoms with Gasteiger partial charge in [-0.05, 0) is 38.9 Å². The van der Waals surface area contributed by atoms with Crippen molar-refractivity contribution in [2.24, 2.45) is 0 Å². The van der Waals surface area contributed by atoms with Gasteiger partial charge in [-0.3, -0.25) is 4.98 Å². The highest BCUT2D eigenvalue weighted by Crippen LogP contribution is 2.04. The van der Waals surface area contributed by atoms with Gasteiger partial charge in [-0.2, -0.15) is 11.8 Å². The molecule has 0 aromatic carbocycles. The highest BCUT2D eigenvalue weighted by Gasteiger charge is 2.02. The molecule has 0 atom stereocenters. The number of thioether (sulfide) groups is 1. The van der Waals surface area contributed by atoms with Gasteiger partial charge in [0.05, 0.1) is 18.1 Å². The van der Waals surface area contributed by atoms with Crippen LogP contribution in [-0.2, 0) is 6.54 Å². The van der Waals surface area contributed by atoms with Crippen LogP contribution in [0.5, 0.6) is 0 Å². The molecule has 1 heterocycles. The molecule has 5 heteroatoms. The summed E-state index contributed by atoms with van der Waals surface area (Å²) in [5, 5.41) is 3.14. The van der Waals surface area contributed by atoms with Gasteiger partial charge in [0.25, 0.3) is 0 Å². The fourth-order valence-electron chi connectivity index (χ4n) is 1.54. The summed E-state index contributed by atoms with van der Waals surface area (Å²) in [7, 11) is 2.13. The van der Waals surface area contributed by atoms with Gasteiger partial charge < -0.3 is 10.2 Å². The molecule has 1 rings (SSSR count). The largest absolute Gasteiger partial charge is 0.369 e. The number of nitrogens with zero attached hydrogens (tertiary/aromatic N) is 3. The van der Waals surface area contributed by atoms with Crippen LogP contribution in [0.1, 0.15) is 19.0 Å². The molecule has 0 saturated carbocycles. The van der Waals surface area contributed by atoms with E-state index in [1.54, 1.807) is 6.20 Å². The number of hydrogen-bond donors (Lipinski definition) is 1. The minimum absolute atomic E-state index is 0.848. The summed E-state index contributed by atoms with van der Waals surface area (Å²) < 4.78 is 0. The molecule has 0 saturated heterocycles. The molecule has 0 amide bonds. The molecule has 0 bridgehead atoms. The van der Waals surface area contributed by atoms with Crippen molar-refractivity contribution in [1.82, 2.24) is 14.9 Å². The van der Waals surface area contributed by atoms with Crippen LogP contribution < -0.4 is 5.32 Å². The van der Waals surface area contributed by atoms with Crippen LogP contribution in [0.15, 0.2) is 12.4 Å². The molecule has 0 aliphatic rings. The lowest BCUT2D eigenvalue weighted by Gasteiger charge is -2.15. The van der Waals surface area contributed by atoms with E-state index in [2.05, 4.69) is 40.4 Å². The van der Waals surface area contributed by atoms with Gasteiger partial charge >= 0.3 is 0 Å². The second-order valence-corrected chi connectivity index (χ2v) is 4.99. The lowest BCUT2D eigenvalue weighted by molar-refractivity contribution is 0.324. The summed E-state index contributed by atoms with van der Waals surface area (Å²) in [4.78, 5) is 11.0. The fourth-order valence-corrected chi connectivity index (χ4v) is 1.96. The first-order chi connectivity index (χ1) is 8.26. The molecule has 96 valence electrons. The Balaban J connectivity index is 2.34. The molecule has 0 radical (unpaired) electrons. The number of hydrogen-bond acceptors (Lipinski definition) is 5. The quantitative estimate of drug-likeness (QED) is 0.719. The predicted molar refractivity (Wildman–Crippen MR) is 75.5 cm³/mol. The first kappa shape index (κ1) is 14.3. The van der Waals surface area contributed by atoms with Crippen molar-refractivity contribution in [2.75, 3.05) is 37.5 Å². The highest BCUT2D eigenvalue weighted by molar-refractivity contribution is 7.98. The normalized spacial score (nSPS) is 10.8. The summed E-state index contributed by atoms with van der Waals surface area (Å²) in [5.74, 6) is 2.07. The molecule has 17 heavy (non-hydrogen) atoms. The van der Waals surface area contributed by atoms with Crippen LogP contribution in [-0.4, -0.2) is 47.0 Å². The van der Waals surface area contributed by atoms with Crippen molar-refractivity contribution in [3.63, 3.8) is 0 Å². The van der Waals surface area contributed by atoms with E-state index in [1.165, 1.54) is 12.2 Å². The third-order valence-electron chi connectivity index (χ3n) is 2.38. The first-order valence-corrected chi connectivity index (χ1v) is 7.38. The summed E-state index contributed by atoms with van der Waals surface area (Å²) in [5.41, 5.74) is 1.03. The van der Waals surface area contributed by atoms with E-state index < -0.39 is 0 Å². The molecule has 0 fully saturated rings. The van der Waals surface area contributed by atoms with Crippen LogP contribution in [0.25, 0.3) is 0 Å². The van der Waals surface area contributed by atoms with Crippen LogP contribution in [0.4, 0.5) is 5.82 Å². The molecular formula is C12H22N4S. The fraction of sp³-hybridized carbons (Fsp3) is 0.667. The molecule has 0 aliphatic heterocycles. The van der Waals surface area contributed by atoms with Gasteiger partial charge in [-0.15, -0.1) is 0 Å². The molecule has 1 N–H and O–H groups in total. The summed E-state index contributed by atoms with van der Waals surface area (Å²) in [6.07, 6.45) is 7.02. The van der Waals surface area contributed by atoms with E-state index in [9.17, 15) is 0 Å². The number of anilines is 1. The number of aromatic nitrogens is 2. The zero-order chi connectivity index (χ0) is 12.5. The van der Waals surface area contributed by atoms with Crippen LogP contribution >= 0.6 is 11.8 Å². The smallest absolute Gasteiger partial charge is 0.144 e. The minimum atomic E-state index is 0.848. The Morgan fingerprint density at radius 3 is 2.76 bits per heavy atom. The Hall–Kier alpha value is -0.810. The first-order valence-electron chi connectivity index (χ1n) is 5.98. The Kier molecular flexibility index (Phi) is 6.96. The maximum Gasteiger partial charge on any atom is 0.144 e. The van der Waals surface area contributed by atoms with E-state index in [0.29, 0.717) is 0 Å². The predicted octanol–water partition coefficient (Wildman–Crippen LogP) is 2.09. The van der Waals surface area contributed by atoms with E-state index in [-0.39, 0.29) is 0 Å². The third kappa shape index (κ3) is 5.89. The van der Waals surface area contributed by atoms with Gasteiger partial charge in [-0.25, -0.2) is 4.98 Å². The van der Waals surface area contributed by atoms with Crippen molar-refractivity contribution in [1.29, 1.82) is 0 Å². The third-order valence-corrected chi connectivity index (χ3v) is 3.08. The second kappa shape index (κ2) is 8.31. The monoisotopic (exact) mass is 254 g/mol. The topological polar surface area (TPSA) is 41.1 Å². The van der Waals surface area contributed by atoms with Crippen molar-refractivity contribution in [3.05, 3.63) is 18.1 Å². The summed E-state index contributed by atoms with van der Waals surface area (Å²) in [6, 6.07) is 0. The molecule has 1 aromatic heterocycles. The van der Waals surface area contributed by atoms with Gasteiger partial charge in [0, 0.05) is 13.1 Å². The van der Waals surface area contributed by atoms with Crippen molar-refractivity contribution < 1.29 is 0 Å². The molecule has 0 spiro atoms. The van der Waals surface area contributed by atoms with E-state index in [4.69, 9.17) is 0 Å². The zero-order valence-corrected chi connectivity index (χ0v) is 11.8.